The SMILES string of the molecule is C[Si](C)(Br)O[C]=O. The van der Waals surface area contributed by atoms with E-state index in [4.69, 9.17) is 0 Å². The Balaban J connectivity index is 3.34. The van der Waals surface area contributed by atoms with Crippen LogP contribution in [-0.2, 0) is 9.22 Å². The summed E-state index contributed by atoms with van der Waals surface area (Å²) in [6.45, 7) is 3.29. The third kappa shape index (κ3) is 6.17. The summed E-state index contributed by atoms with van der Waals surface area (Å²) >= 11 is 3.19. The van der Waals surface area contributed by atoms with Crippen LogP contribution in [0.1, 0.15) is 0 Å². The Hall–Kier alpha value is 0.167. The van der Waals surface area contributed by atoms with Crippen LogP contribution in [0.2, 0.25) is 13.1 Å². The van der Waals surface area contributed by atoms with Gasteiger partial charge in [-0.1, -0.05) is 15.3 Å². The number of rotatable bonds is 2. The van der Waals surface area contributed by atoms with Crippen molar-refractivity contribution in [3.8, 4) is 0 Å². The minimum absolute atomic E-state index is 1.37. The van der Waals surface area contributed by atoms with Crippen molar-refractivity contribution in [2.24, 2.45) is 0 Å². The fraction of sp³-hybridized carbons (Fsp3) is 0.667. The predicted octanol–water partition coefficient (Wildman–Crippen LogP) is 1.17. The Morgan fingerprint density at radius 2 is 2.14 bits per heavy atom. The van der Waals surface area contributed by atoms with Crippen LogP contribution in [0.15, 0.2) is 0 Å². The van der Waals surface area contributed by atoms with Gasteiger partial charge in [-0.15, -0.1) is 0 Å². The smallest absolute Gasteiger partial charge is 0.403 e. The van der Waals surface area contributed by atoms with Crippen molar-refractivity contribution < 1.29 is 9.22 Å². The summed E-state index contributed by atoms with van der Waals surface area (Å²) in [6.07, 6.45) is 0. The van der Waals surface area contributed by atoms with Gasteiger partial charge < -0.3 is 4.43 Å². The zero-order valence-corrected chi connectivity index (χ0v) is 6.78. The monoisotopic (exact) mass is 181 g/mol. The van der Waals surface area contributed by atoms with Crippen LogP contribution in [0.4, 0.5) is 0 Å². The summed E-state index contributed by atoms with van der Waals surface area (Å²) in [5.41, 5.74) is 0. The molecular weight excluding hydrogens is 176 g/mol. The number of halogens is 1. The van der Waals surface area contributed by atoms with E-state index in [1.807, 2.05) is 13.1 Å². The summed E-state index contributed by atoms with van der Waals surface area (Å²) in [5.74, 6) is 0. The maximum atomic E-state index is 9.48. The van der Waals surface area contributed by atoms with Gasteiger partial charge in [0.05, 0.1) is 0 Å². The van der Waals surface area contributed by atoms with Crippen molar-refractivity contribution in [3.05, 3.63) is 0 Å². The zero-order valence-electron chi connectivity index (χ0n) is 4.19. The summed E-state index contributed by atoms with van der Waals surface area (Å²) < 4.78 is 4.48. The van der Waals surface area contributed by atoms with Crippen molar-refractivity contribution in [3.63, 3.8) is 0 Å². The van der Waals surface area contributed by atoms with E-state index < -0.39 is 6.94 Å². The highest BCUT2D eigenvalue weighted by Gasteiger charge is 2.17. The van der Waals surface area contributed by atoms with Gasteiger partial charge in [0.2, 0.25) is 0 Å². The van der Waals surface area contributed by atoms with E-state index in [-0.39, 0.29) is 0 Å². The fourth-order valence-electron chi connectivity index (χ4n) is 0.0991. The first-order valence-electron chi connectivity index (χ1n) is 1.80. The molecule has 0 aliphatic rings. The summed E-state index contributed by atoms with van der Waals surface area (Å²) in [6, 6.07) is 0. The van der Waals surface area contributed by atoms with Gasteiger partial charge in [-0.2, -0.15) is 0 Å². The van der Waals surface area contributed by atoms with Crippen molar-refractivity contribution in [2.45, 2.75) is 13.1 Å². The van der Waals surface area contributed by atoms with E-state index in [0.29, 0.717) is 0 Å². The molecule has 0 aromatic rings. The molecule has 0 atom stereocenters. The van der Waals surface area contributed by atoms with Gasteiger partial charge in [-0.05, 0) is 13.1 Å². The number of hydrogen-bond acceptors (Lipinski definition) is 2. The highest BCUT2D eigenvalue weighted by atomic mass is 79.9. The van der Waals surface area contributed by atoms with Gasteiger partial charge in [0, 0.05) is 0 Å². The lowest BCUT2D eigenvalue weighted by Crippen LogP contribution is -2.19. The third-order valence-corrected chi connectivity index (χ3v) is 1.34. The van der Waals surface area contributed by atoms with Crippen LogP contribution in [0.3, 0.4) is 0 Å². The molecular formula is C3H6BrO2Si. The molecule has 0 saturated carbocycles. The van der Waals surface area contributed by atoms with Crippen molar-refractivity contribution in [1.82, 2.24) is 0 Å². The second-order valence-corrected chi connectivity index (χ2v) is 10.2. The molecule has 0 unspecified atom stereocenters. The van der Waals surface area contributed by atoms with Gasteiger partial charge in [0.15, 0.2) is 0 Å². The molecule has 0 fully saturated rings. The molecule has 0 heterocycles. The van der Waals surface area contributed by atoms with Crippen LogP contribution in [0.5, 0.6) is 0 Å². The first-order valence-corrected chi connectivity index (χ1v) is 6.97. The fourth-order valence-corrected chi connectivity index (χ4v) is 0.495. The number of carbonyl (C=O) groups excluding carboxylic acids is 1. The second kappa shape index (κ2) is 2.47. The Morgan fingerprint density at radius 3 is 2.14 bits per heavy atom. The van der Waals surface area contributed by atoms with E-state index >= 15 is 0 Å². The minimum Gasteiger partial charge on any atom is -0.501 e. The maximum absolute atomic E-state index is 9.48. The second-order valence-electron chi connectivity index (χ2n) is 1.55. The van der Waals surface area contributed by atoms with Crippen LogP contribution < -0.4 is 0 Å². The van der Waals surface area contributed by atoms with E-state index in [1.54, 1.807) is 0 Å². The van der Waals surface area contributed by atoms with Crippen molar-refractivity contribution in [1.29, 1.82) is 0 Å². The Labute approximate surface area is 51.6 Å². The summed E-state index contributed by atoms with van der Waals surface area (Å²) in [5, 5.41) is 0. The van der Waals surface area contributed by atoms with Crippen LogP contribution in [0.25, 0.3) is 0 Å². The molecule has 0 aromatic heterocycles. The lowest BCUT2D eigenvalue weighted by atomic mass is 11.7. The zero-order chi connectivity index (χ0) is 5.91. The topological polar surface area (TPSA) is 26.3 Å². The molecule has 0 spiro atoms. The first kappa shape index (κ1) is 7.17. The quantitative estimate of drug-likeness (QED) is 0.473. The third-order valence-electron chi connectivity index (χ3n) is 0.284. The molecule has 0 bridgehead atoms. The molecule has 41 valence electrons. The Kier molecular flexibility index (Phi) is 2.53. The molecule has 1 radical (unpaired) electrons. The highest BCUT2D eigenvalue weighted by molar-refractivity contribution is 9.25. The van der Waals surface area contributed by atoms with Crippen molar-refractivity contribution >= 4 is 28.7 Å². The van der Waals surface area contributed by atoms with E-state index in [9.17, 15) is 4.79 Å². The van der Waals surface area contributed by atoms with Gasteiger partial charge in [-0.25, -0.2) is 4.79 Å². The normalized spacial score (nSPS) is 10.7. The van der Waals surface area contributed by atoms with E-state index in [2.05, 4.69) is 19.7 Å². The largest absolute Gasteiger partial charge is 0.501 e. The van der Waals surface area contributed by atoms with Gasteiger partial charge >= 0.3 is 13.4 Å². The molecule has 7 heavy (non-hydrogen) atoms. The molecule has 0 saturated heterocycles. The molecule has 0 N–H and O–H groups in total. The van der Waals surface area contributed by atoms with Gasteiger partial charge in [0.1, 0.15) is 0 Å². The van der Waals surface area contributed by atoms with Gasteiger partial charge in [0.25, 0.3) is 0 Å². The highest BCUT2D eigenvalue weighted by Crippen LogP contribution is 2.09. The van der Waals surface area contributed by atoms with Crippen LogP contribution >= 0.6 is 15.3 Å². The molecule has 0 aliphatic carbocycles. The molecule has 4 heteroatoms. The minimum atomic E-state index is -1.77. The average molecular weight is 182 g/mol. The first-order chi connectivity index (χ1) is 3.06. The molecule has 2 nitrogen and oxygen atoms in total. The Bertz CT molecular complexity index is 67.8. The van der Waals surface area contributed by atoms with Crippen LogP contribution in [0, 0.1) is 0 Å². The number of hydrogen-bond donors (Lipinski definition) is 0. The van der Waals surface area contributed by atoms with E-state index in [1.165, 1.54) is 6.47 Å². The standard InChI is InChI=1S/C3H6BrO2Si/c1-7(2,4)6-3-5/h1-2H3. The maximum Gasteiger partial charge on any atom is 0.403 e. The van der Waals surface area contributed by atoms with E-state index in [0.717, 1.165) is 0 Å². The molecule has 0 rings (SSSR count). The summed E-state index contributed by atoms with van der Waals surface area (Å²) in [4.78, 5) is 9.48. The lowest BCUT2D eigenvalue weighted by Gasteiger charge is -2.06. The van der Waals surface area contributed by atoms with Gasteiger partial charge in [-0.3, -0.25) is 0 Å². The molecule has 0 amide bonds. The van der Waals surface area contributed by atoms with Crippen molar-refractivity contribution in [2.75, 3.05) is 0 Å². The predicted molar refractivity (Wildman–Crippen MR) is 33.2 cm³/mol. The lowest BCUT2D eigenvalue weighted by molar-refractivity contribution is 0.448. The Morgan fingerprint density at radius 1 is 1.71 bits per heavy atom. The van der Waals surface area contributed by atoms with Crippen LogP contribution in [-0.4, -0.2) is 13.4 Å². The molecule has 0 aromatic carbocycles. The summed E-state index contributed by atoms with van der Waals surface area (Å²) in [7, 11) is 0. The average Bonchev–Trinajstić information content (AvgIpc) is 1.30. The molecule has 0 aliphatic heterocycles.